The van der Waals surface area contributed by atoms with E-state index in [1.807, 2.05) is 12.1 Å². The number of thioether (sulfide) groups is 1. The molecule has 0 fully saturated rings. The van der Waals surface area contributed by atoms with E-state index in [1.54, 1.807) is 30.3 Å². The van der Waals surface area contributed by atoms with Crippen molar-refractivity contribution in [3.63, 3.8) is 0 Å². The summed E-state index contributed by atoms with van der Waals surface area (Å²) >= 11 is 1.36. The first kappa shape index (κ1) is 16.8. The van der Waals surface area contributed by atoms with Gasteiger partial charge in [-0.3, -0.25) is 9.59 Å². The van der Waals surface area contributed by atoms with Crippen LogP contribution in [0.2, 0.25) is 0 Å². The molecule has 6 heteroatoms. The Morgan fingerprint density at radius 2 is 2.05 bits per heavy atom. The van der Waals surface area contributed by atoms with Crippen molar-refractivity contribution in [1.29, 1.82) is 5.26 Å². The standard InChI is InChI=1S/C15H17N3O2S/c1-2-10-21-13(15(20)17-9-8-16)11-18-14(19)12-6-4-3-5-7-12/h2-7,13H,1,9-11H2,(H,17,20)(H,18,19). The zero-order valence-electron chi connectivity index (χ0n) is 11.5. The van der Waals surface area contributed by atoms with E-state index < -0.39 is 5.25 Å². The molecule has 0 spiro atoms. The summed E-state index contributed by atoms with van der Waals surface area (Å²) in [5.41, 5.74) is 0.544. The first-order valence-corrected chi connectivity index (χ1v) is 7.44. The van der Waals surface area contributed by atoms with Crippen molar-refractivity contribution >= 4 is 23.6 Å². The SMILES string of the molecule is C=CCSC(CNC(=O)c1ccccc1)C(=O)NCC#N. The summed E-state index contributed by atoms with van der Waals surface area (Å²) in [7, 11) is 0. The first-order valence-electron chi connectivity index (χ1n) is 6.39. The van der Waals surface area contributed by atoms with E-state index in [0.717, 1.165) is 0 Å². The van der Waals surface area contributed by atoms with Crippen molar-refractivity contribution in [2.24, 2.45) is 0 Å². The molecular weight excluding hydrogens is 286 g/mol. The van der Waals surface area contributed by atoms with Gasteiger partial charge in [-0.05, 0) is 12.1 Å². The van der Waals surface area contributed by atoms with Gasteiger partial charge in [0.05, 0.1) is 6.07 Å². The van der Waals surface area contributed by atoms with Crippen LogP contribution in [0.1, 0.15) is 10.4 Å². The average Bonchev–Trinajstić information content (AvgIpc) is 2.53. The summed E-state index contributed by atoms with van der Waals surface area (Å²) in [4.78, 5) is 23.8. The Bertz CT molecular complexity index is 525. The van der Waals surface area contributed by atoms with Crippen LogP contribution in [-0.2, 0) is 4.79 Å². The van der Waals surface area contributed by atoms with Crippen LogP contribution in [0.3, 0.4) is 0 Å². The molecule has 0 aromatic heterocycles. The number of nitrogens with one attached hydrogen (secondary N) is 2. The zero-order chi connectivity index (χ0) is 15.5. The molecule has 0 saturated heterocycles. The van der Waals surface area contributed by atoms with Gasteiger partial charge in [0.2, 0.25) is 5.91 Å². The van der Waals surface area contributed by atoms with E-state index in [-0.39, 0.29) is 24.9 Å². The van der Waals surface area contributed by atoms with E-state index in [9.17, 15) is 9.59 Å². The van der Waals surface area contributed by atoms with Gasteiger partial charge in [-0.2, -0.15) is 5.26 Å². The van der Waals surface area contributed by atoms with E-state index >= 15 is 0 Å². The van der Waals surface area contributed by atoms with Crippen molar-refractivity contribution in [2.45, 2.75) is 5.25 Å². The summed E-state index contributed by atoms with van der Waals surface area (Å²) in [6.45, 7) is 3.76. The van der Waals surface area contributed by atoms with Gasteiger partial charge in [0.15, 0.2) is 0 Å². The Morgan fingerprint density at radius 3 is 2.67 bits per heavy atom. The van der Waals surface area contributed by atoms with Crippen LogP contribution in [0.25, 0.3) is 0 Å². The average molecular weight is 303 g/mol. The highest BCUT2D eigenvalue weighted by atomic mass is 32.2. The monoisotopic (exact) mass is 303 g/mol. The number of hydrogen-bond donors (Lipinski definition) is 2. The maximum absolute atomic E-state index is 11.9. The number of carbonyl (C=O) groups is 2. The molecular formula is C15H17N3O2S. The van der Waals surface area contributed by atoms with Crippen LogP contribution in [-0.4, -0.2) is 35.9 Å². The van der Waals surface area contributed by atoms with Gasteiger partial charge in [-0.15, -0.1) is 18.3 Å². The van der Waals surface area contributed by atoms with Gasteiger partial charge in [-0.1, -0.05) is 24.3 Å². The van der Waals surface area contributed by atoms with Crippen LogP contribution in [0, 0.1) is 11.3 Å². The highest BCUT2D eigenvalue weighted by Crippen LogP contribution is 2.11. The van der Waals surface area contributed by atoms with E-state index in [1.165, 1.54) is 11.8 Å². The van der Waals surface area contributed by atoms with Gasteiger partial charge in [0, 0.05) is 17.9 Å². The molecule has 1 rings (SSSR count). The lowest BCUT2D eigenvalue weighted by Crippen LogP contribution is -2.41. The number of amides is 2. The minimum absolute atomic E-state index is 0.0450. The summed E-state index contributed by atoms with van der Waals surface area (Å²) in [6, 6.07) is 10.6. The summed E-state index contributed by atoms with van der Waals surface area (Å²) in [6.07, 6.45) is 1.69. The fourth-order valence-corrected chi connectivity index (χ4v) is 2.33. The molecule has 21 heavy (non-hydrogen) atoms. The molecule has 110 valence electrons. The molecule has 0 aliphatic heterocycles. The fourth-order valence-electron chi connectivity index (χ4n) is 1.53. The van der Waals surface area contributed by atoms with E-state index in [4.69, 9.17) is 5.26 Å². The van der Waals surface area contributed by atoms with Crippen molar-refractivity contribution in [1.82, 2.24) is 10.6 Å². The van der Waals surface area contributed by atoms with Gasteiger partial charge in [0.1, 0.15) is 11.8 Å². The lowest BCUT2D eigenvalue weighted by atomic mass is 10.2. The first-order chi connectivity index (χ1) is 10.2. The third-order valence-corrected chi connectivity index (χ3v) is 3.74. The highest BCUT2D eigenvalue weighted by molar-refractivity contribution is 8.00. The van der Waals surface area contributed by atoms with Crippen molar-refractivity contribution < 1.29 is 9.59 Å². The maximum atomic E-state index is 11.9. The number of rotatable bonds is 8. The lowest BCUT2D eigenvalue weighted by molar-refractivity contribution is -0.120. The van der Waals surface area contributed by atoms with Gasteiger partial charge in [-0.25, -0.2) is 0 Å². The van der Waals surface area contributed by atoms with Crippen LogP contribution < -0.4 is 10.6 Å². The maximum Gasteiger partial charge on any atom is 0.251 e. The number of benzene rings is 1. The molecule has 0 bridgehead atoms. The van der Waals surface area contributed by atoms with Gasteiger partial charge >= 0.3 is 0 Å². The molecule has 2 amide bonds. The third kappa shape index (κ3) is 6.15. The van der Waals surface area contributed by atoms with Crippen LogP contribution >= 0.6 is 11.8 Å². The Morgan fingerprint density at radius 1 is 1.33 bits per heavy atom. The van der Waals surface area contributed by atoms with Crippen molar-refractivity contribution in [3.8, 4) is 6.07 Å². The van der Waals surface area contributed by atoms with Gasteiger partial charge in [0.25, 0.3) is 5.91 Å². The largest absolute Gasteiger partial charge is 0.350 e. The number of nitriles is 1. The molecule has 0 saturated carbocycles. The predicted octanol–water partition coefficient (Wildman–Crippen LogP) is 1.34. The van der Waals surface area contributed by atoms with Crippen molar-refractivity contribution in [2.75, 3.05) is 18.8 Å². The smallest absolute Gasteiger partial charge is 0.251 e. The quantitative estimate of drug-likeness (QED) is 0.561. The summed E-state index contributed by atoms with van der Waals surface area (Å²) < 4.78 is 0. The van der Waals surface area contributed by atoms with Crippen LogP contribution in [0.4, 0.5) is 0 Å². The fraction of sp³-hybridized carbons (Fsp3) is 0.267. The molecule has 0 heterocycles. The number of carbonyl (C=O) groups excluding carboxylic acids is 2. The third-order valence-electron chi connectivity index (χ3n) is 2.53. The minimum Gasteiger partial charge on any atom is -0.350 e. The van der Waals surface area contributed by atoms with Gasteiger partial charge < -0.3 is 10.6 Å². The molecule has 0 aliphatic rings. The number of hydrogen-bond acceptors (Lipinski definition) is 4. The van der Waals surface area contributed by atoms with E-state index in [0.29, 0.717) is 11.3 Å². The summed E-state index contributed by atoms with van der Waals surface area (Å²) in [5.74, 6) is 0.0934. The number of nitrogens with zero attached hydrogens (tertiary/aromatic N) is 1. The molecule has 1 aromatic rings. The molecule has 1 atom stereocenters. The second kappa shape index (κ2) is 9.61. The van der Waals surface area contributed by atoms with Crippen LogP contribution in [0.15, 0.2) is 43.0 Å². The van der Waals surface area contributed by atoms with E-state index in [2.05, 4.69) is 17.2 Å². The molecule has 5 nitrogen and oxygen atoms in total. The Labute approximate surface area is 128 Å². The second-order valence-corrected chi connectivity index (χ2v) is 5.30. The predicted molar refractivity (Wildman–Crippen MR) is 83.8 cm³/mol. The Balaban J connectivity index is 2.56. The molecule has 2 N–H and O–H groups in total. The lowest BCUT2D eigenvalue weighted by Gasteiger charge is -2.15. The minimum atomic E-state index is -0.455. The Kier molecular flexibility index (Phi) is 7.69. The molecule has 1 aromatic carbocycles. The molecule has 1 unspecified atom stereocenters. The second-order valence-electron chi connectivity index (χ2n) is 4.06. The van der Waals surface area contributed by atoms with Crippen LogP contribution in [0.5, 0.6) is 0 Å². The highest BCUT2D eigenvalue weighted by Gasteiger charge is 2.19. The molecule has 0 aliphatic carbocycles. The topological polar surface area (TPSA) is 82.0 Å². The Hall–Kier alpha value is -2.26. The molecule has 0 radical (unpaired) electrons. The van der Waals surface area contributed by atoms with Crippen molar-refractivity contribution in [3.05, 3.63) is 48.6 Å². The summed E-state index contributed by atoms with van der Waals surface area (Å²) in [5, 5.41) is 13.3. The zero-order valence-corrected chi connectivity index (χ0v) is 12.4. The normalized spacial score (nSPS) is 11.0.